The Morgan fingerprint density at radius 1 is 0.692 bits per heavy atom. The Balaban J connectivity index is 0.887. The Labute approximate surface area is 617 Å². The number of carbonyl (C=O) groups excluding carboxylic acids is 4. The second-order valence-electron chi connectivity index (χ2n) is 29.1. The Hall–Kier alpha value is -7.13. The number of methoxy groups -OCH3 is 2. The number of ether oxygens (including phenoxy) is 12. The van der Waals surface area contributed by atoms with Crippen molar-refractivity contribution in [1.29, 1.82) is 0 Å². The number of nitrogens with zero attached hydrogens (tertiary/aromatic N) is 1. The lowest BCUT2D eigenvalue weighted by Crippen LogP contribution is -2.58. The van der Waals surface area contributed by atoms with E-state index in [0.717, 1.165) is 10.9 Å². The number of phenols is 2. The summed E-state index contributed by atoms with van der Waals surface area (Å²) in [5.41, 5.74) is -0.0373. The number of oxime groups is 1. The molecule has 4 aromatic carbocycles. The average molecular weight is 1510 g/mol. The summed E-state index contributed by atoms with van der Waals surface area (Å²) in [6, 6.07) is 16.6. The van der Waals surface area contributed by atoms with Crippen LogP contribution in [0.1, 0.15) is 113 Å². The third kappa shape index (κ3) is 18.2. The number of rotatable bonds is 26. The van der Waals surface area contributed by atoms with Crippen LogP contribution in [0.5, 0.6) is 17.2 Å². The van der Waals surface area contributed by atoms with Gasteiger partial charge >= 0.3 is 5.97 Å². The summed E-state index contributed by atoms with van der Waals surface area (Å²) < 4.78 is 73.3. The molecular formula is C75H100N4O28. The fraction of sp³-hybridized carbons (Fsp3) is 0.613. The summed E-state index contributed by atoms with van der Waals surface area (Å²) in [4.78, 5) is 66.6. The Morgan fingerprint density at radius 3 is 1.87 bits per heavy atom. The van der Waals surface area contributed by atoms with Gasteiger partial charge in [-0.3, -0.25) is 14.4 Å². The number of hydrogen-bond donors (Lipinski definition) is 14. The van der Waals surface area contributed by atoms with Crippen molar-refractivity contribution in [1.82, 2.24) is 15.6 Å². The number of aromatic amines is 1. The Bertz CT molecular complexity index is 3920. The molecule has 11 rings (SSSR count). The van der Waals surface area contributed by atoms with Gasteiger partial charge in [-0.15, -0.1) is 0 Å². The van der Waals surface area contributed by atoms with E-state index in [0.29, 0.717) is 11.1 Å². The van der Waals surface area contributed by atoms with E-state index in [4.69, 9.17) is 61.7 Å². The van der Waals surface area contributed by atoms with Gasteiger partial charge in [-0.25, -0.2) is 4.79 Å². The normalized spacial score (nSPS) is 34.2. The average Bonchev–Trinajstić information content (AvgIpc) is 1.19. The van der Waals surface area contributed by atoms with Crippen LogP contribution in [-0.4, -0.2) is 270 Å². The molecule has 0 radical (unpaired) electrons. The third-order valence-corrected chi connectivity index (χ3v) is 21.1. The molecule has 1 aliphatic carbocycles. The van der Waals surface area contributed by atoms with E-state index in [1.54, 1.807) is 64.2 Å². The molecule has 5 aromatic rings. The van der Waals surface area contributed by atoms with Crippen LogP contribution >= 0.6 is 0 Å². The van der Waals surface area contributed by atoms with Crippen LogP contribution in [0.15, 0.2) is 78.1 Å². The molecule has 107 heavy (non-hydrogen) atoms. The molecule has 2 amide bonds. The first-order chi connectivity index (χ1) is 50.8. The number of phenolic OH excluding ortho intramolecular Hbond substituents is 2. The van der Waals surface area contributed by atoms with Crippen LogP contribution in [0, 0.1) is 12.8 Å². The number of Topliss-reactive ketones (excluding diaryl/α,β-unsaturated/α-hetero) is 1. The molecule has 32 nitrogen and oxygen atoms in total. The number of nitrogens with one attached hydrogen (secondary N) is 3. The predicted molar refractivity (Wildman–Crippen MR) is 375 cm³/mol. The minimum absolute atomic E-state index is 0.0174. The second-order valence-corrected chi connectivity index (χ2v) is 29.1. The molecule has 0 unspecified atom stereocenters. The number of fused-ring (bicyclic) bond motifs is 3. The molecule has 5 aliphatic heterocycles. The standard InChI is InChI=1S/C75H100N4O28/c1-32-49(103-55-26-50(65(86)35(4)99-55)104-54-25-48(81)64(85)34(3)98-54)24-41-21-40-22-44(70(95-9)61(63(84)33(2)80)79-97-31-53(82)77-46(20-39-16-12-11-13-17-39)73(92)78-47(74(93)96-10)23-42-30-76-45-19-15-14-18-43(42)45)71(69(90)60(40)68(89)59(41)62(32)83)107-57-28-51(66(87)37(6)101-57)105-56-27-52(67(88)36(5)100-56)106-58-29-75(8,94)72(91)38(7)102-58/h11-19,21,24,30,33-38,44,46-48,50-52,54-58,63-67,70-72,76,80-81,83-89,91,94H,20,22-23,25-29,31H2,1-10H3,(H,77,82)(H,78,92)/b79-61+/t33-,34-,35-,36-,37-,38-,44+,46+,47+,48-,50-,51-,52-,54+,55+,56+,57+,58+,63+,64-,65-,66-,67+,70+,71+,72-,75+/m1/s1. The topological polar surface area (TPSA) is 463 Å². The second kappa shape index (κ2) is 34.4. The first kappa shape index (κ1) is 80.9. The highest BCUT2D eigenvalue weighted by atomic mass is 16.7. The number of carbonyl (C=O) groups is 4. The zero-order chi connectivity index (χ0) is 77.2. The number of para-hydroxylation sites is 1. The van der Waals surface area contributed by atoms with E-state index >= 15 is 4.79 Å². The van der Waals surface area contributed by atoms with Crippen molar-refractivity contribution < 1.29 is 137 Å². The van der Waals surface area contributed by atoms with Crippen LogP contribution < -0.4 is 15.4 Å². The number of aromatic hydroxyl groups is 2. The van der Waals surface area contributed by atoms with Crippen molar-refractivity contribution in [3.05, 3.63) is 101 Å². The van der Waals surface area contributed by atoms with Gasteiger partial charge in [-0.05, 0) is 102 Å². The number of benzene rings is 4. The van der Waals surface area contributed by atoms with E-state index in [1.807, 2.05) is 24.3 Å². The molecular weight excluding hydrogens is 1400 g/mol. The highest BCUT2D eigenvalue weighted by Gasteiger charge is 2.52. The molecule has 0 spiro atoms. The maximum absolute atomic E-state index is 15.8. The summed E-state index contributed by atoms with van der Waals surface area (Å²) in [6.07, 6.45) is -27.2. The van der Waals surface area contributed by atoms with Crippen LogP contribution in [0.3, 0.4) is 0 Å². The van der Waals surface area contributed by atoms with Gasteiger partial charge < -0.3 is 133 Å². The number of hydrogen-bond acceptors (Lipinski definition) is 29. The molecule has 14 N–H and O–H groups in total. The quantitative estimate of drug-likeness (QED) is 0.0213. The summed E-state index contributed by atoms with van der Waals surface area (Å²) in [6.45, 7) is 11.1. The number of amides is 2. The van der Waals surface area contributed by atoms with Gasteiger partial charge in [0.05, 0.1) is 84.7 Å². The number of H-pyrrole nitrogens is 1. The summed E-state index contributed by atoms with van der Waals surface area (Å²) in [5.74, 6) is -5.85. The number of aliphatic hydroxyl groups is 9. The van der Waals surface area contributed by atoms with Gasteiger partial charge in [0, 0.05) is 80.6 Å². The molecule has 1 aromatic heterocycles. The van der Waals surface area contributed by atoms with Gasteiger partial charge in [0.1, 0.15) is 83.9 Å². The molecule has 5 saturated heterocycles. The molecule has 5 fully saturated rings. The van der Waals surface area contributed by atoms with Crippen molar-refractivity contribution in [3.8, 4) is 17.2 Å². The van der Waals surface area contributed by atoms with E-state index in [-0.39, 0.29) is 84.6 Å². The fourth-order valence-electron chi connectivity index (χ4n) is 15.1. The van der Waals surface area contributed by atoms with Crippen molar-refractivity contribution in [2.24, 2.45) is 11.1 Å². The first-order valence-electron chi connectivity index (χ1n) is 36.1. The number of aromatic nitrogens is 1. The number of ketones is 1. The van der Waals surface area contributed by atoms with E-state index < -0.39 is 212 Å². The molecule has 0 bridgehead atoms. The molecule has 32 heteroatoms. The molecule has 0 saturated carbocycles. The van der Waals surface area contributed by atoms with Gasteiger partial charge in [-0.1, -0.05) is 53.7 Å². The van der Waals surface area contributed by atoms with Gasteiger partial charge in [0.2, 0.25) is 12.2 Å². The van der Waals surface area contributed by atoms with Crippen LogP contribution in [0.2, 0.25) is 0 Å². The highest BCUT2D eigenvalue weighted by Crippen LogP contribution is 2.48. The van der Waals surface area contributed by atoms with Crippen molar-refractivity contribution in [3.63, 3.8) is 0 Å². The lowest BCUT2D eigenvalue weighted by atomic mass is 9.74. The fourth-order valence-corrected chi connectivity index (χ4v) is 15.1. The zero-order valence-corrected chi connectivity index (χ0v) is 61.1. The van der Waals surface area contributed by atoms with Crippen molar-refractivity contribution >= 4 is 51.0 Å². The SMILES string of the molecule is COC(=O)[C@H](Cc1c[nH]c2ccccc12)NC(=O)[C@H](Cc1ccccc1)NC(=O)CO/N=C(\[C@@H](O)[C@@H](C)O)[C@@H](OC)[C@@H]1Cc2cc3cc(O[C@H]4C[C@@H](O[C@H]5C[C@@H](O)[C@H](O)[C@@H](C)O5)[C@H](O)[C@@H](C)O4)c(C)c(O)c3c(O)c2C(=O)[C@H]1O[C@H]1C[C@@H](O[C@H]2C[C@@H](O[C@H]3C[C@](C)(O)[C@H](O)[C@@H](C)O3)[C@@H](O)[C@@H](C)O2)[C@H](O)[C@@H](C)O1. The minimum Gasteiger partial charge on any atom is -0.507 e. The zero-order valence-electron chi connectivity index (χ0n) is 61.1. The molecule has 27 atom stereocenters. The number of aliphatic hydroxyl groups excluding tert-OH is 8. The summed E-state index contributed by atoms with van der Waals surface area (Å²) in [5, 5.41) is 135. The molecule has 588 valence electrons. The first-order valence-corrected chi connectivity index (χ1v) is 36.1. The lowest BCUT2D eigenvalue weighted by Gasteiger charge is -2.46. The van der Waals surface area contributed by atoms with E-state index in [2.05, 4.69) is 20.8 Å². The van der Waals surface area contributed by atoms with Gasteiger partial charge in [0.15, 0.2) is 37.6 Å². The Morgan fingerprint density at radius 2 is 1.26 bits per heavy atom. The number of esters is 1. The van der Waals surface area contributed by atoms with E-state index in [1.165, 1.54) is 54.0 Å². The Kier molecular flexibility index (Phi) is 26.0. The molecule has 6 aliphatic rings. The minimum atomic E-state index is -1.97. The maximum Gasteiger partial charge on any atom is 0.328 e. The van der Waals surface area contributed by atoms with Crippen LogP contribution in [0.4, 0.5) is 0 Å². The van der Waals surface area contributed by atoms with E-state index in [9.17, 15) is 70.6 Å². The summed E-state index contributed by atoms with van der Waals surface area (Å²) in [7, 11) is 2.39. The smallest absolute Gasteiger partial charge is 0.328 e. The van der Waals surface area contributed by atoms with Gasteiger partial charge in [0.25, 0.3) is 5.91 Å². The van der Waals surface area contributed by atoms with Crippen LogP contribution in [-0.2, 0) is 90.6 Å². The lowest BCUT2D eigenvalue weighted by molar-refractivity contribution is -0.334. The molecule has 6 heterocycles. The summed E-state index contributed by atoms with van der Waals surface area (Å²) >= 11 is 0. The largest absolute Gasteiger partial charge is 0.507 e. The highest BCUT2D eigenvalue weighted by molar-refractivity contribution is 6.11. The van der Waals surface area contributed by atoms with Crippen molar-refractivity contribution in [2.45, 2.75) is 266 Å². The maximum atomic E-state index is 15.8. The van der Waals surface area contributed by atoms with Gasteiger partial charge in [-0.2, -0.15) is 0 Å². The van der Waals surface area contributed by atoms with Crippen LogP contribution in [0.25, 0.3) is 21.7 Å². The monoisotopic (exact) mass is 1500 g/mol. The predicted octanol–water partition coefficient (Wildman–Crippen LogP) is 1.66. The van der Waals surface area contributed by atoms with Crippen molar-refractivity contribution in [2.75, 3.05) is 20.8 Å². The third-order valence-electron chi connectivity index (χ3n) is 21.1.